The van der Waals surface area contributed by atoms with Crippen LogP contribution in [0.15, 0.2) is 5.34 Å². The summed E-state index contributed by atoms with van der Waals surface area (Å²) < 4.78 is 0. The fraction of sp³-hybridized carbons (Fsp3) is 0. The Morgan fingerprint density at radius 2 is 1.60 bits per heavy atom. The van der Waals surface area contributed by atoms with Gasteiger partial charge in [-0.25, -0.2) is 0 Å². The fourth-order valence-corrected chi connectivity index (χ4v) is 0. The molecule has 22 valence electrons. The van der Waals surface area contributed by atoms with Crippen molar-refractivity contribution in [3.05, 3.63) is 4.91 Å². The first kappa shape index (κ1) is 16.1. The zero-order valence-electron chi connectivity index (χ0n) is 5.30. The third-order valence-electron chi connectivity index (χ3n) is 0. The summed E-state index contributed by atoms with van der Waals surface area (Å²) in [5, 5.41) is 7.89. The van der Waals surface area contributed by atoms with Crippen LogP contribution in [0.3, 0.4) is 0 Å². The number of nitrogens with zero attached hydrogens (tertiary/aromatic N) is 1. The molecule has 5 heteroatoms. The monoisotopic (exact) mass is 95.0 g/mol. The quantitative estimate of drug-likeness (QED) is 0.185. The zero-order chi connectivity index (χ0) is 2.71. The van der Waals surface area contributed by atoms with E-state index < -0.39 is 0 Å². The van der Waals surface area contributed by atoms with Gasteiger partial charge in [0, 0.05) is 0 Å². The fourth-order valence-electron chi connectivity index (χ4n) is 0. The van der Waals surface area contributed by atoms with Crippen molar-refractivity contribution < 1.29 is 67.2 Å². The predicted octanol–water partition coefficient (Wildman–Crippen LogP) is -5.62. The van der Waals surface area contributed by atoms with Crippen LogP contribution in [0.1, 0.15) is 2.85 Å². The molecule has 0 fully saturated rings. The molecule has 0 saturated heterocycles. The summed E-state index contributed by atoms with van der Waals surface area (Å²) in [6, 6.07) is 0. The second-order valence-corrected chi connectivity index (χ2v) is 0.0816. The number of hydrogen-bond acceptors (Lipinski definition) is 2. The predicted molar refractivity (Wildman–Crippen MR) is 9.81 cm³/mol. The summed E-state index contributed by atoms with van der Waals surface area (Å²) in [5.74, 6) is 0. The van der Waals surface area contributed by atoms with Gasteiger partial charge in [-0.15, -0.1) is 4.91 Å². The van der Waals surface area contributed by atoms with Gasteiger partial charge >= 0.3 is 59.1 Å². The maximum atomic E-state index is 8.11. The van der Waals surface area contributed by atoms with Crippen molar-refractivity contribution in [3.8, 4) is 0 Å². The van der Waals surface area contributed by atoms with Crippen molar-refractivity contribution >= 4 is 0 Å². The SMILES string of the molecule is O=NO.[H-].[H-].[Na+].[Na+]. The molecular weight excluding hydrogens is 92.0 g/mol. The molecule has 0 aliphatic heterocycles. The van der Waals surface area contributed by atoms with Crippen molar-refractivity contribution in [1.82, 2.24) is 0 Å². The summed E-state index contributed by atoms with van der Waals surface area (Å²) in [6.07, 6.45) is 0. The smallest absolute Gasteiger partial charge is 1.00 e. The van der Waals surface area contributed by atoms with Gasteiger partial charge in [0.2, 0.25) is 0 Å². The Hall–Kier alpha value is 1.40. The number of rotatable bonds is 0. The largest absolute Gasteiger partial charge is 1.00 e. The van der Waals surface area contributed by atoms with E-state index in [4.69, 9.17) is 10.1 Å². The summed E-state index contributed by atoms with van der Waals surface area (Å²) in [4.78, 5) is 8.11. The Bertz CT molecular complexity index is 21.2. The molecule has 5 heavy (non-hydrogen) atoms. The molecular formula is H3NNa2O2. The van der Waals surface area contributed by atoms with Gasteiger partial charge in [0.05, 0.1) is 0 Å². The molecule has 0 saturated carbocycles. The maximum Gasteiger partial charge on any atom is 1.00 e. The molecule has 0 aromatic rings. The molecule has 0 aromatic carbocycles. The molecule has 0 unspecified atom stereocenters. The Balaban J connectivity index is -0.00000000333. The first-order valence-corrected chi connectivity index (χ1v) is 0.383. The van der Waals surface area contributed by atoms with Crippen LogP contribution in [-0.4, -0.2) is 5.21 Å². The third kappa shape index (κ3) is 31.8. The van der Waals surface area contributed by atoms with Gasteiger partial charge in [0.25, 0.3) is 0 Å². The van der Waals surface area contributed by atoms with E-state index in [2.05, 4.69) is 0 Å². The summed E-state index contributed by atoms with van der Waals surface area (Å²) in [5.41, 5.74) is 0. The summed E-state index contributed by atoms with van der Waals surface area (Å²) >= 11 is 0. The molecule has 0 rings (SSSR count). The van der Waals surface area contributed by atoms with Gasteiger partial charge < -0.3 is 8.06 Å². The Labute approximate surface area is 76.6 Å². The molecule has 0 aliphatic rings. The van der Waals surface area contributed by atoms with Crippen molar-refractivity contribution in [1.29, 1.82) is 0 Å². The van der Waals surface area contributed by atoms with Crippen LogP contribution < -0.4 is 59.1 Å². The second kappa shape index (κ2) is 18.2. The van der Waals surface area contributed by atoms with Gasteiger partial charge in [0.1, 0.15) is 0 Å². The molecule has 0 bridgehead atoms. The van der Waals surface area contributed by atoms with E-state index in [0.29, 0.717) is 0 Å². The van der Waals surface area contributed by atoms with Crippen molar-refractivity contribution in [2.75, 3.05) is 0 Å². The van der Waals surface area contributed by atoms with Crippen LogP contribution in [0.5, 0.6) is 0 Å². The molecule has 1 N–H and O–H groups in total. The zero-order valence-corrected chi connectivity index (χ0v) is 7.30. The Morgan fingerprint density at radius 1 is 1.60 bits per heavy atom. The van der Waals surface area contributed by atoms with Crippen LogP contribution in [0.2, 0.25) is 0 Å². The van der Waals surface area contributed by atoms with E-state index in [0.717, 1.165) is 0 Å². The molecule has 0 spiro atoms. The third-order valence-corrected chi connectivity index (χ3v) is 0. The van der Waals surface area contributed by atoms with E-state index in [1.54, 1.807) is 0 Å². The van der Waals surface area contributed by atoms with E-state index in [9.17, 15) is 0 Å². The molecule has 0 aromatic heterocycles. The minimum Gasteiger partial charge on any atom is -1.00 e. The van der Waals surface area contributed by atoms with Crippen LogP contribution in [-0.2, 0) is 0 Å². The van der Waals surface area contributed by atoms with Crippen molar-refractivity contribution in [2.45, 2.75) is 0 Å². The first-order chi connectivity index (χ1) is 1.41. The van der Waals surface area contributed by atoms with E-state index >= 15 is 0 Å². The van der Waals surface area contributed by atoms with E-state index in [1.807, 2.05) is 0 Å². The normalized spacial score (nSPS) is 2.40. The van der Waals surface area contributed by atoms with Crippen molar-refractivity contribution in [3.63, 3.8) is 0 Å². The van der Waals surface area contributed by atoms with Crippen LogP contribution in [0, 0.1) is 4.91 Å². The molecule has 0 radical (unpaired) electrons. The van der Waals surface area contributed by atoms with Gasteiger partial charge in [-0.3, -0.25) is 0 Å². The Kier molecular flexibility index (Phi) is 58.6. The second-order valence-electron chi connectivity index (χ2n) is 0.0816. The van der Waals surface area contributed by atoms with Gasteiger partial charge in [-0.05, 0) is 0 Å². The Morgan fingerprint density at radius 3 is 1.60 bits per heavy atom. The number of hydrogen-bond donors (Lipinski definition) is 1. The molecule has 0 aliphatic carbocycles. The summed E-state index contributed by atoms with van der Waals surface area (Å²) in [7, 11) is 0. The van der Waals surface area contributed by atoms with Crippen LogP contribution in [0.4, 0.5) is 0 Å². The average molecular weight is 95.0 g/mol. The summed E-state index contributed by atoms with van der Waals surface area (Å²) in [6.45, 7) is 0. The topological polar surface area (TPSA) is 49.7 Å². The molecule has 3 nitrogen and oxygen atoms in total. The van der Waals surface area contributed by atoms with Gasteiger partial charge in [-0.2, -0.15) is 0 Å². The molecule has 0 heterocycles. The van der Waals surface area contributed by atoms with Crippen LogP contribution in [0.25, 0.3) is 0 Å². The standard InChI is InChI=1S/HNO2.2Na.2H/c2-1-3;;;;/h(H,2,3);;;;/q;2*+1;2*-1. The maximum absolute atomic E-state index is 8.11. The minimum absolute atomic E-state index is 0. The van der Waals surface area contributed by atoms with Gasteiger partial charge in [-0.1, -0.05) is 0 Å². The molecule has 0 amide bonds. The average Bonchev–Trinajstić information content (AvgIpc) is 0.918. The minimum atomic E-state index is 0. The first-order valence-electron chi connectivity index (χ1n) is 0.383. The van der Waals surface area contributed by atoms with E-state index in [-0.39, 0.29) is 62.0 Å². The molecule has 0 atom stereocenters. The van der Waals surface area contributed by atoms with Crippen molar-refractivity contribution in [2.24, 2.45) is 5.34 Å². The van der Waals surface area contributed by atoms with Gasteiger partial charge in [0.15, 0.2) is 5.34 Å². The van der Waals surface area contributed by atoms with E-state index in [1.165, 1.54) is 5.34 Å². The van der Waals surface area contributed by atoms with Crippen LogP contribution >= 0.6 is 0 Å².